The SMILES string of the molecule is CC(N)C1CCN(C2CCN(Cc3ccccc3)C2)C1. The predicted molar refractivity (Wildman–Crippen MR) is 83.5 cm³/mol. The highest BCUT2D eigenvalue weighted by Crippen LogP contribution is 2.25. The van der Waals surface area contributed by atoms with Gasteiger partial charge in [0.05, 0.1) is 0 Å². The summed E-state index contributed by atoms with van der Waals surface area (Å²) in [5, 5.41) is 0. The van der Waals surface area contributed by atoms with E-state index in [9.17, 15) is 0 Å². The highest BCUT2D eigenvalue weighted by atomic mass is 15.3. The summed E-state index contributed by atoms with van der Waals surface area (Å²) < 4.78 is 0. The quantitative estimate of drug-likeness (QED) is 0.910. The molecule has 3 nitrogen and oxygen atoms in total. The van der Waals surface area contributed by atoms with Gasteiger partial charge < -0.3 is 5.73 Å². The summed E-state index contributed by atoms with van der Waals surface area (Å²) in [5.41, 5.74) is 7.48. The molecular formula is C17H27N3. The van der Waals surface area contributed by atoms with Crippen LogP contribution in [0.15, 0.2) is 30.3 Å². The number of hydrogen-bond acceptors (Lipinski definition) is 3. The maximum Gasteiger partial charge on any atom is 0.0235 e. The van der Waals surface area contributed by atoms with Gasteiger partial charge in [-0.3, -0.25) is 9.80 Å². The van der Waals surface area contributed by atoms with E-state index >= 15 is 0 Å². The Morgan fingerprint density at radius 3 is 2.65 bits per heavy atom. The first kappa shape index (κ1) is 14.1. The van der Waals surface area contributed by atoms with Gasteiger partial charge in [0.2, 0.25) is 0 Å². The van der Waals surface area contributed by atoms with Gasteiger partial charge in [0, 0.05) is 38.3 Å². The summed E-state index contributed by atoms with van der Waals surface area (Å²) in [4.78, 5) is 5.28. The molecule has 3 rings (SSSR count). The monoisotopic (exact) mass is 273 g/mol. The van der Waals surface area contributed by atoms with Crippen LogP contribution in [0.5, 0.6) is 0 Å². The molecule has 0 radical (unpaired) electrons. The van der Waals surface area contributed by atoms with Gasteiger partial charge in [-0.1, -0.05) is 30.3 Å². The van der Waals surface area contributed by atoms with Gasteiger partial charge in [-0.2, -0.15) is 0 Å². The lowest BCUT2D eigenvalue weighted by atomic mass is 10.0. The zero-order valence-corrected chi connectivity index (χ0v) is 12.5. The van der Waals surface area contributed by atoms with Gasteiger partial charge >= 0.3 is 0 Å². The highest BCUT2D eigenvalue weighted by Gasteiger charge is 2.33. The van der Waals surface area contributed by atoms with E-state index in [0.29, 0.717) is 12.0 Å². The minimum Gasteiger partial charge on any atom is -0.328 e. The fourth-order valence-corrected chi connectivity index (χ4v) is 3.67. The molecule has 3 heteroatoms. The van der Waals surface area contributed by atoms with Crippen LogP contribution in [0.1, 0.15) is 25.3 Å². The molecule has 110 valence electrons. The summed E-state index contributed by atoms with van der Waals surface area (Å²) in [6.07, 6.45) is 2.60. The molecule has 2 heterocycles. The first-order chi connectivity index (χ1) is 9.72. The van der Waals surface area contributed by atoms with Gasteiger partial charge in [0.1, 0.15) is 0 Å². The predicted octanol–water partition coefficient (Wildman–Crippen LogP) is 1.93. The van der Waals surface area contributed by atoms with E-state index in [1.807, 2.05) is 0 Å². The lowest BCUT2D eigenvalue weighted by Gasteiger charge is -2.25. The Hall–Kier alpha value is -0.900. The Morgan fingerprint density at radius 2 is 1.95 bits per heavy atom. The molecular weight excluding hydrogens is 246 g/mol. The first-order valence-electron chi connectivity index (χ1n) is 7.98. The lowest BCUT2D eigenvalue weighted by molar-refractivity contribution is 0.220. The van der Waals surface area contributed by atoms with Crippen molar-refractivity contribution in [1.82, 2.24) is 9.80 Å². The second-order valence-corrected chi connectivity index (χ2v) is 6.57. The maximum absolute atomic E-state index is 6.05. The molecule has 1 aromatic rings. The molecule has 20 heavy (non-hydrogen) atoms. The standard InChI is InChI=1S/C17H27N3/c1-14(18)16-7-10-20(12-16)17-8-9-19(13-17)11-15-5-3-2-4-6-15/h2-6,14,16-17H,7-13,18H2,1H3. The molecule has 2 saturated heterocycles. The number of nitrogens with zero attached hydrogens (tertiary/aromatic N) is 2. The fourth-order valence-electron chi connectivity index (χ4n) is 3.67. The summed E-state index contributed by atoms with van der Waals surface area (Å²) >= 11 is 0. The van der Waals surface area contributed by atoms with E-state index in [-0.39, 0.29) is 0 Å². The summed E-state index contributed by atoms with van der Waals surface area (Å²) in [5.74, 6) is 0.707. The van der Waals surface area contributed by atoms with Crippen molar-refractivity contribution in [2.24, 2.45) is 11.7 Å². The lowest BCUT2D eigenvalue weighted by Crippen LogP contribution is -2.37. The Bertz CT molecular complexity index is 418. The van der Waals surface area contributed by atoms with Crippen LogP contribution in [0, 0.1) is 5.92 Å². The van der Waals surface area contributed by atoms with Crippen LogP contribution in [-0.4, -0.2) is 48.1 Å². The van der Waals surface area contributed by atoms with E-state index in [2.05, 4.69) is 47.1 Å². The van der Waals surface area contributed by atoms with Crippen molar-refractivity contribution in [3.8, 4) is 0 Å². The smallest absolute Gasteiger partial charge is 0.0235 e. The molecule has 0 bridgehead atoms. The second kappa shape index (κ2) is 6.25. The third kappa shape index (κ3) is 3.22. The number of benzene rings is 1. The van der Waals surface area contributed by atoms with E-state index in [1.165, 1.54) is 44.6 Å². The second-order valence-electron chi connectivity index (χ2n) is 6.57. The average Bonchev–Trinajstić information content (AvgIpc) is 3.08. The first-order valence-corrected chi connectivity index (χ1v) is 7.98. The van der Waals surface area contributed by atoms with Crippen LogP contribution in [0.4, 0.5) is 0 Å². The molecule has 0 spiro atoms. The van der Waals surface area contributed by atoms with Gasteiger partial charge in [-0.15, -0.1) is 0 Å². The molecule has 2 aliphatic heterocycles. The molecule has 0 aromatic heterocycles. The third-order valence-corrected chi connectivity index (χ3v) is 5.01. The number of rotatable bonds is 4. The summed E-state index contributed by atoms with van der Waals surface area (Å²) in [6, 6.07) is 11.9. The zero-order chi connectivity index (χ0) is 13.9. The van der Waals surface area contributed by atoms with Crippen LogP contribution in [-0.2, 0) is 6.54 Å². The van der Waals surface area contributed by atoms with Crippen LogP contribution in [0.25, 0.3) is 0 Å². The van der Waals surface area contributed by atoms with Crippen LogP contribution >= 0.6 is 0 Å². The van der Waals surface area contributed by atoms with Gasteiger partial charge in [0.15, 0.2) is 0 Å². The Balaban J connectivity index is 1.50. The molecule has 0 aliphatic carbocycles. The normalized spacial score (nSPS) is 29.9. The van der Waals surface area contributed by atoms with Crippen LogP contribution in [0.3, 0.4) is 0 Å². The maximum atomic E-state index is 6.05. The van der Waals surface area contributed by atoms with Crippen molar-refractivity contribution in [3.63, 3.8) is 0 Å². The van der Waals surface area contributed by atoms with E-state index in [1.54, 1.807) is 0 Å². The van der Waals surface area contributed by atoms with Gasteiger partial charge in [-0.05, 0) is 37.8 Å². The van der Waals surface area contributed by atoms with E-state index in [0.717, 1.165) is 12.6 Å². The van der Waals surface area contributed by atoms with Gasteiger partial charge in [-0.25, -0.2) is 0 Å². The van der Waals surface area contributed by atoms with Crippen molar-refractivity contribution < 1.29 is 0 Å². The van der Waals surface area contributed by atoms with Crippen molar-refractivity contribution in [3.05, 3.63) is 35.9 Å². The van der Waals surface area contributed by atoms with Crippen molar-refractivity contribution >= 4 is 0 Å². The van der Waals surface area contributed by atoms with Crippen LogP contribution < -0.4 is 5.73 Å². The third-order valence-electron chi connectivity index (χ3n) is 5.01. The molecule has 2 N–H and O–H groups in total. The zero-order valence-electron chi connectivity index (χ0n) is 12.5. The van der Waals surface area contributed by atoms with Crippen molar-refractivity contribution in [2.75, 3.05) is 26.2 Å². The highest BCUT2D eigenvalue weighted by molar-refractivity contribution is 5.14. The van der Waals surface area contributed by atoms with Crippen molar-refractivity contribution in [2.45, 2.75) is 38.4 Å². The average molecular weight is 273 g/mol. The minimum absolute atomic E-state index is 0.349. The van der Waals surface area contributed by atoms with Crippen molar-refractivity contribution in [1.29, 1.82) is 0 Å². The Kier molecular flexibility index (Phi) is 4.39. The molecule has 1 aromatic carbocycles. The largest absolute Gasteiger partial charge is 0.328 e. The van der Waals surface area contributed by atoms with Crippen LogP contribution in [0.2, 0.25) is 0 Å². The fraction of sp³-hybridized carbons (Fsp3) is 0.647. The number of likely N-dealkylation sites (tertiary alicyclic amines) is 2. The Labute approximate surface area is 122 Å². The molecule has 3 unspecified atom stereocenters. The number of hydrogen-bond donors (Lipinski definition) is 1. The molecule has 2 aliphatic rings. The number of nitrogens with two attached hydrogens (primary N) is 1. The van der Waals surface area contributed by atoms with E-state index < -0.39 is 0 Å². The van der Waals surface area contributed by atoms with Gasteiger partial charge in [0.25, 0.3) is 0 Å². The molecule has 3 atom stereocenters. The summed E-state index contributed by atoms with van der Waals surface area (Å²) in [6.45, 7) is 8.17. The minimum atomic E-state index is 0.349. The topological polar surface area (TPSA) is 32.5 Å². The Morgan fingerprint density at radius 1 is 1.15 bits per heavy atom. The molecule has 2 fully saturated rings. The summed E-state index contributed by atoms with van der Waals surface area (Å²) in [7, 11) is 0. The molecule has 0 amide bonds. The van der Waals surface area contributed by atoms with E-state index in [4.69, 9.17) is 5.73 Å². The molecule has 0 saturated carbocycles.